The van der Waals surface area contributed by atoms with Crippen LogP contribution in [-0.2, 0) is 23.9 Å². The van der Waals surface area contributed by atoms with E-state index < -0.39 is 17.5 Å². The molecule has 6 heteroatoms. The first-order valence-corrected chi connectivity index (χ1v) is 6.75. The van der Waals surface area contributed by atoms with Gasteiger partial charge in [0.1, 0.15) is 12.1 Å². The van der Waals surface area contributed by atoms with E-state index in [0.29, 0.717) is 6.42 Å². The molecule has 0 N–H and O–H groups in total. The summed E-state index contributed by atoms with van der Waals surface area (Å²) in [6.07, 6.45) is 6.75. The number of esters is 2. The van der Waals surface area contributed by atoms with Crippen LogP contribution >= 0.6 is 0 Å². The largest absolute Gasteiger partial charge is 0.462 e. The second-order valence-electron chi connectivity index (χ2n) is 4.90. The second kappa shape index (κ2) is 8.17. The van der Waals surface area contributed by atoms with Crippen LogP contribution in [0, 0.1) is 5.92 Å². The van der Waals surface area contributed by atoms with Crippen LogP contribution in [0.1, 0.15) is 25.7 Å². The summed E-state index contributed by atoms with van der Waals surface area (Å²) in [5, 5.41) is 0. The third-order valence-corrected chi connectivity index (χ3v) is 3.66. The number of hydrogen-bond acceptors (Lipinski definition) is 6. The number of ether oxygens (including phenoxy) is 2. The van der Waals surface area contributed by atoms with E-state index in [1.807, 2.05) is 0 Å². The predicted octanol–water partition coefficient (Wildman–Crippen LogP) is 1.71. The Hall–Kier alpha value is -2.20. The molecule has 0 aliphatic heterocycles. The van der Waals surface area contributed by atoms with Crippen LogP contribution in [0.3, 0.4) is 0 Å². The quantitative estimate of drug-likeness (QED) is 0.309. The Balaban J connectivity index is 2.85. The number of aliphatic imine (C=N–C) groups is 1. The summed E-state index contributed by atoms with van der Waals surface area (Å²) in [6.45, 7) is 6.69. The molecule has 0 radical (unpaired) electrons. The lowest BCUT2D eigenvalue weighted by Crippen LogP contribution is -2.46. The van der Waals surface area contributed by atoms with Crippen molar-refractivity contribution in [1.29, 1.82) is 0 Å². The number of rotatable bonds is 7. The monoisotopic (exact) mass is 293 g/mol. The first-order valence-electron chi connectivity index (χ1n) is 6.75. The molecule has 114 valence electrons. The van der Waals surface area contributed by atoms with Crippen molar-refractivity contribution >= 4 is 18.0 Å². The molecule has 0 spiro atoms. The highest BCUT2D eigenvalue weighted by atomic mass is 16.5. The zero-order chi connectivity index (χ0) is 15.7. The van der Waals surface area contributed by atoms with Gasteiger partial charge in [-0.3, -0.25) is 0 Å². The van der Waals surface area contributed by atoms with Gasteiger partial charge in [-0.05, 0) is 12.8 Å². The highest BCUT2D eigenvalue weighted by Gasteiger charge is 2.43. The van der Waals surface area contributed by atoms with E-state index in [9.17, 15) is 14.4 Å². The molecular weight excluding hydrogens is 274 g/mol. The summed E-state index contributed by atoms with van der Waals surface area (Å²) in [7, 11) is 0. The van der Waals surface area contributed by atoms with E-state index in [1.54, 1.807) is 6.08 Å². The smallest absolute Gasteiger partial charge is 0.330 e. The Morgan fingerprint density at radius 2 is 1.90 bits per heavy atom. The molecule has 0 aromatic heterocycles. The Bertz CT molecular complexity index is 467. The van der Waals surface area contributed by atoms with Crippen molar-refractivity contribution < 1.29 is 23.9 Å². The maximum atomic E-state index is 11.2. The molecule has 1 saturated carbocycles. The lowest BCUT2D eigenvalue weighted by molar-refractivity contribution is -0.145. The molecular formula is C15H19NO5. The Labute approximate surface area is 123 Å². The number of hydrogen-bond donors (Lipinski definition) is 0. The van der Waals surface area contributed by atoms with Crippen molar-refractivity contribution in [2.24, 2.45) is 10.9 Å². The van der Waals surface area contributed by atoms with Gasteiger partial charge in [-0.15, -0.1) is 0 Å². The summed E-state index contributed by atoms with van der Waals surface area (Å²) in [5.74, 6) is -1.32. The number of carbonyl (C=O) groups excluding carboxylic acids is 3. The van der Waals surface area contributed by atoms with Crippen LogP contribution in [0.4, 0.5) is 0 Å². The number of carbonyl (C=O) groups is 2. The van der Waals surface area contributed by atoms with Crippen molar-refractivity contribution in [2.45, 2.75) is 31.2 Å². The number of isocyanates is 1. The molecule has 6 nitrogen and oxygen atoms in total. The van der Waals surface area contributed by atoms with Gasteiger partial charge in [0.05, 0.1) is 6.61 Å². The van der Waals surface area contributed by atoms with E-state index in [1.165, 1.54) is 0 Å². The Morgan fingerprint density at radius 1 is 1.24 bits per heavy atom. The molecule has 2 atom stereocenters. The fourth-order valence-electron chi connectivity index (χ4n) is 2.49. The van der Waals surface area contributed by atoms with Crippen LogP contribution in [0.15, 0.2) is 30.3 Å². The van der Waals surface area contributed by atoms with Gasteiger partial charge in [-0.2, -0.15) is 4.99 Å². The van der Waals surface area contributed by atoms with Crippen molar-refractivity contribution in [2.75, 3.05) is 13.2 Å². The third-order valence-electron chi connectivity index (χ3n) is 3.66. The second-order valence-corrected chi connectivity index (χ2v) is 4.90. The van der Waals surface area contributed by atoms with Crippen molar-refractivity contribution in [1.82, 2.24) is 0 Å². The Morgan fingerprint density at radius 3 is 2.52 bits per heavy atom. The van der Waals surface area contributed by atoms with Gasteiger partial charge in [0.15, 0.2) is 0 Å². The minimum Gasteiger partial charge on any atom is -0.462 e. The van der Waals surface area contributed by atoms with Gasteiger partial charge in [0, 0.05) is 18.1 Å². The molecule has 1 rings (SSSR count). The molecule has 2 unspecified atom stereocenters. The number of nitrogens with zero attached hydrogens (tertiary/aromatic N) is 1. The highest BCUT2D eigenvalue weighted by molar-refractivity contribution is 5.81. The molecule has 0 aromatic rings. The topological polar surface area (TPSA) is 82.0 Å². The van der Waals surface area contributed by atoms with Crippen LogP contribution < -0.4 is 0 Å². The van der Waals surface area contributed by atoms with Crippen LogP contribution in [-0.4, -0.2) is 36.8 Å². The SMILES string of the molecule is C=CC(=O)OCC1CCCCC1(COC(=O)C=C)N=C=O. The van der Waals surface area contributed by atoms with Crippen LogP contribution in [0.2, 0.25) is 0 Å². The zero-order valence-corrected chi connectivity index (χ0v) is 11.9. The van der Waals surface area contributed by atoms with Gasteiger partial charge >= 0.3 is 11.9 Å². The summed E-state index contributed by atoms with van der Waals surface area (Å²) in [4.78, 5) is 37.1. The molecule has 0 bridgehead atoms. The minimum atomic E-state index is -0.889. The van der Waals surface area contributed by atoms with E-state index in [2.05, 4.69) is 18.2 Å². The first-order chi connectivity index (χ1) is 10.1. The third kappa shape index (κ3) is 4.68. The summed E-state index contributed by atoms with van der Waals surface area (Å²) in [5.41, 5.74) is -0.889. The molecule has 21 heavy (non-hydrogen) atoms. The van der Waals surface area contributed by atoms with E-state index >= 15 is 0 Å². The van der Waals surface area contributed by atoms with Gasteiger partial charge in [0.25, 0.3) is 0 Å². The summed E-state index contributed by atoms with van der Waals surface area (Å²) < 4.78 is 10.1. The van der Waals surface area contributed by atoms with Gasteiger partial charge in [-0.1, -0.05) is 26.0 Å². The van der Waals surface area contributed by atoms with Crippen LogP contribution in [0.25, 0.3) is 0 Å². The molecule has 1 fully saturated rings. The average molecular weight is 293 g/mol. The fourth-order valence-corrected chi connectivity index (χ4v) is 2.49. The minimum absolute atomic E-state index is 0.0522. The van der Waals surface area contributed by atoms with E-state index in [0.717, 1.165) is 31.4 Å². The summed E-state index contributed by atoms with van der Waals surface area (Å²) in [6, 6.07) is 0. The van der Waals surface area contributed by atoms with Crippen molar-refractivity contribution in [3.63, 3.8) is 0 Å². The first kappa shape index (κ1) is 16.9. The molecule has 0 aromatic carbocycles. The molecule has 0 heterocycles. The lowest BCUT2D eigenvalue weighted by Gasteiger charge is -2.38. The van der Waals surface area contributed by atoms with E-state index in [4.69, 9.17) is 9.47 Å². The standard InChI is InChI=1S/C15H19NO5/c1-3-13(18)20-9-12-7-5-6-8-15(12,16-11-17)10-21-14(19)4-2/h3-4,12H,1-2,5-10H2. The zero-order valence-electron chi connectivity index (χ0n) is 11.9. The summed E-state index contributed by atoms with van der Waals surface area (Å²) >= 11 is 0. The van der Waals surface area contributed by atoms with E-state index in [-0.39, 0.29) is 19.1 Å². The molecule has 0 amide bonds. The Kier molecular flexibility index (Phi) is 6.56. The highest BCUT2D eigenvalue weighted by Crippen LogP contribution is 2.37. The normalized spacial score (nSPS) is 24.3. The molecule has 0 saturated heterocycles. The molecule has 1 aliphatic rings. The average Bonchev–Trinajstić information content (AvgIpc) is 2.51. The lowest BCUT2D eigenvalue weighted by atomic mass is 9.74. The maximum absolute atomic E-state index is 11.2. The molecule has 1 aliphatic carbocycles. The van der Waals surface area contributed by atoms with Gasteiger partial charge in [-0.25, -0.2) is 14.4 Å². The maximum Gasteiger partial charge on any atom is 0.330 e. The van der Waals surface area contributed by atoms with Gasteiger partial charge in [0.2, 0.25) is 6.08 Å². The fraction of sp³-hybridized carbons (Fsp3) is 0.533. The van der Waals surface area contributed by atoms with Gasteiger partial charge < -0.3 is 9.47 Å². The predicted molar refractivity (Wildman–Crippen MR) is 75.1 cm³/mol. The van der Waals surface area contributed by atoms with Crippen molar-refractivity contribution in [3.8, 4) is 0 Å². The van der Waals surface area contributed by atoms with Crippen molar-refractivity contribution in [3.05, 3.63) is 25.3 Å². The van der Waals surface area contributed by atoms with Crippen LogP contribution in [0.5, 0.6) is 0 Å².